The molecule has 1 heterocycles. The van der Waals surface area contributed by atoms with Crippen molar-refractivity contribution < 1.29 is 0 Å². The fourth-order valence-corrected chi connectivity index (χ4v) is 3.04. The van der Waals surface area contributed by atoms with Gasteiger partial charge >= 0.3 is 0 Å². The molecule has 4 heteroatoms. The highest BCUT2D eigenvalue weighted by Gasteiger charge is 2.03. The van der Waals surface area contributed by atoms with Crippen molar-refractivity contribution >= 4 is 45.6 Å². The summed E-state index contributed by atoms with van der Waals surface area (Å²) in [7, 11) is 0. The Kier molecular flexibility index (Phi) is 5.52. The van der Waals surface area contributed by atoms with Crippen LogP contribution in [0.3, 0.4) is 0 Å². The first-order valence-electron chi connectivity index (χ1n) is 8.85. The summed E-state index contributed by atoms with van der Waals surface area (Å²) in [6.45, 7) is 8.14. The zero-order valence-corrected chi connectivity index (χ0v) is 15.8. The van der Waals surface area contributed by atoms with Crippen LogP contribution >= 0.6 is 0 Å². The first kappa shape index (κ1) is 17.9. The van der Waals surface area contributed by atoms with Gasteiger partial charge < -0.3 is 0 Å². The number of rotatable bonds is 0. The molecule has 0 spiro atoms. The van der Waals surface area contributed by atoms with Gasteiger partial charge in [0, 0.05) is 35.7 Å². The predicted octanol–water partition coefficient (Wildman–Crippen LogP) is 6.55. The topological polar surface area (TPSA) is 49.4 Å². The summed E-state index contributed by atoms with van der Waals surface area (Å²) in [5.74, 6) is 0. The maximum atomic E-state index is 4.72. The van der Waals surface area contributed by atoms with E-state index in [-0.39, 0.29) is 0 Å². The Morgan fingerprint density at radius 2 is 0.769 bits per heavy atom. The summed E-state index contributed by atoms with van der Waals surface area (Å²) < 4.78 is 0. The van der Waals surface area contributed by atoms with E-state index in [0.717, 1.165) is 58.4 Å². The second-order valence-electron chi connectivity index (χ2n) is 6.78. The maximum Gasteiger partial charge on any atom is 0.0650 e. The van der Waals surface area contributed by atoms with E-state index < -0.39 is 0 Å². The predicted molar refractivity (Wildman–Crippen MR) is 113 cm³/mol. The van der Waals surface area contributed by atoms with Crippen molar-refractivity contribution in [1.82, 2.24) is 0 Å². The molecule has 4 bridgehead atoms. The van der Waals surface area contributed by atoms with Gasteiger partial charge in [-0.2, -0.15) is 0 Å². The van der Waals surface area contributed by atoms with Gasteiger partial charge in [0.15, 0.2) is 0 Å². The molecule has 0 aromatic heterocycles. The van der Waals surface area contributed by atoms with Crippen LogP contribution in [0, 0.1) is 0 Å². The van der Waals surface area contributed by atoms with E-state index in [9.17, 15) is 0 Å². The Morgan fingerprint density at radius 3 is 1.04 bits per heavy atom. The standard InChI is InChI=1S/C22H24N4/c1-15-11-16(2)24-21-9-6-10-22(14-21)26-18(4)12-17(3)25-20-8-5-7-19(13-20)23-15/h5-10,13-14H,11-12H2,1-4H3. The van der Waals surface area contributed by atoms with Gasteiger partial charge in [0.2, 0.25) is 0 Å². The SMILES string of the molecule is CC1=Nc2cccc(c2)N=C(C)CC(C)=Nc2cccc(c2)N=C(C)C1. The maximum absolute atomic E-state index is 4.72. The lowest BCUT2D eigenvalue weighted by molar-refractivity contribution is 1.34. The van der Waals surface area contributed by atoms with Crippen LogP contribution in [0.2, 0.25) is 0 Å². The van der Waals surface area contributed by atoms with Crippen LogP contribution in [-0.2, 0) is 0 Å². The Labute approximate surface area is 155 Å². The van der Waals surface area contributed by atoms with Crippen LogP contribution in [0.1, 0.15) is 40.5 Å². The van der Waals surface area contributed by atoms with Crippen LogP contribution < -0.4 is 0 Å². The zero-order valence-electron chi connectivity index (χ0n) is 15.8. The molecule has 132 valence electrons. The lowest BCUT2D eigenvalue weighted by Crippen LogP contribution is -2.01. The van der Waals surface area contributed by atoms with E-state index in [1.54, 1.807) is 0 Å². The van der Waals surface area contributed by atoms with Crippen LogP contribution in [0.15, 0.2) is 68.5 Å². The fourth-order valence-electron chi connectivity index (χ4n) is 3.04. The summed E-state index contributed by atoms with van der Waals surface area (Å²) in [5.41, 5.74) is 7.80. The van der Waals surface area contributed by atoms with Crippen LogP contribution in [0.5, 0.6) is 0 Å². The summed E-state index contributed by atoms with van der Waals surface area (Å²) in [6.07, 6.45) is 1.47. The van der Waals surface area contributed by atoms with Gasteiger partial charge in [0.1, 0.15) is 0 Å². The van der Waals surface area contributed by atoms with Crippen molar-refractivity contribution in [2.45, 2.75) is 40.5 Å². The van der Waals surface area contributed by atoms with Crippen molar-refractivity contribution in [3.8, 4) is 0 Å². The van der Waals surface area contributed by atoms with Gasteiger partial charge in [-0.3, -0.25) is 20.0 Å². The highest BCUT2D eigenvalue weighted by molar-refractivity contribution is 6.05. The number of nitrogens with zero attached hydrogens (tertiary/aromatic N) is 4. The van der Waals surface area contributed by atoms with Crippen LogP contribution in [-0.4, -0.2) is 22.8 Å². The van der Waals surface area contributed by atoms with Crippen LogP contribution in [0.25, 0.3) is 0 Å². The van der Waals surface area contributed by atoms with Crippen molar-refractivity contribution in [2.24, 2.45) is 20.0 Å². The molecule has 0 aliphatic carbocycles. The molecule has 0 atom stereocenters. The highest BCUT2D eigenvalue weighted by atomic mass is 14.8. The molecular weight excluding hydrogens is 320 g/mol. The molecule has 1 aliphatic rings. The third kappa shape index (κ3) is 5.06. The number of hydrogen-bond donors (Lipinski definition) is 0. The number of hydrogen-bond acceptors (Lipinski definition) is 4. The molecule has 0 saturated carbocycles. The molecule has 0 saturated heterocycles. The zero-order chi connectivity index (χ0) is 18.5. The Hall–Kier alpha value is -2.88. The van der Waals surface area contributed by atoms with E-state index in [2.05, 4.69) is 0 Å². The minimum atomic E-state index is 0.735. The first-order chi connectivity index (χ1) is 12.5. The monoisotopic (exact) mass is 344 g/mol. The van der Waals surface area contributed by atoms with Gasteiger partial charge in [0.25, 0.3) is 0 Å². The first-order valence-corrected chi connectivity index (χ1v) is 8.85. The van der Waals surface area contributed by atoms with Gasteiger partial charge in [-0.05, 0) is 64.1 Å². The molecule has 0 amide bonds. The lowest BCUT2D eigenvalue weighted by Gasteiger charge is -2.06. The van der Waals surface area contributed by atoms with E-state index in [0.29, 0.717) is 0 Å². The smallest absolute Gasteiger partial charge is 0.0650 e. The Morgan fingerprint density at radius 1 is 0.500 bits per heavy atom. The Bertz CT molecular complexity index is 789. The van der Waals surface area contributed by atoms with Crippen molar-refractivity contribution in [1.29, 1.82) is 0 Å². The minimum Gasteiger partial charge on any atom is -0.258 e. The average Bonchev–Trinajstić information content (AvgIpc) is 2.53. The minimum absolute atomic E-state index is 0.735. The third-order valence-corrected chi connectivity index (χ3v) is 3.96. The van der Waals surface area contributed by atoms with E-state index in [1.807, 2.05) is 76.2 Å². The van der Waals surface area contributed by atoms with E-state index in [1.165, 1.54) is 0 Å². The molecule has 3 rings (SSSR count). The summed E-state index contributed by atoms with van der Waals surface area (Å²) in [5, 5.41) is 0. The van der Waals surface area contributed by atoms with E-state index in [4.69, 9.17) is 20.0 Å². The van der Waals surface area contributed by atoms with Crippen LogP contribution in [0.4, 0.5) is 22.7 Å². The van der Waals surface area contributed by atoms with E-state index >= 15 is 0 Å². The summed E-state index contributed by atoms with van der Waals surface area (Å²) in [6, 6.07) is 16.0. The third-order valence-electron chi connectivity index (χ3n) is 3.96. The van der Waals surface area contributed by atoms with Gasteiger partial charge in [-0.1, -0.05) is 12.1 Å². The highest BCUT2D eigenvalue weighted by Crippen LogP contribution is 2.24. The largest absolute Gasteiger partial charge is 0.258 e. The average molecular weight is 344 g/mol. The molecule has 4 nitrogen and oxygen atoms in total. The lowest BCUT2D eigenvalue weighted by atomic mass is 10.2. The molecule has 0 fully saturated rings. The molecule has 26 heavy (non-hydrogen) atoms. The molecule has 0 unspecified atom stereocenters. The number of fused-ring (bicyclic) bond motifs is 4. The fraction of sp³-hybridized carbons (Fsp3) is 0.273. The molecular formula is C22H24N4. The van der Waals surface area contributed by atoms with Crippen molar-refractivity contribution in [3.05, 3.63) is 48.5 Å². The van der Waals surface area contributed by atoms with Gasteiger partial charge in [-0.15, -0.1) is 0 Å². The second kappa shape index (κ2) is 8.00. The number of aliphatic imine (C=N–C) groups is 4. The quantitative estimate of drug-likeness (QED) is 0.520. The summed E-state index contributed by atoms with van der Waals surface area (Å²) >= 11 is 0. The molecule has 1 aliphatic heterocycles. The van der Waals surface area contributed by atoms with Crippen molar-refractivity contribution in [2.75, 3.05) is 0 Å². The molecule has 2 aromatic carbocycles. The molecule has 0 radical (unpaired) electrons. The Balaban J connectivity index is 2.07. The molecule has 2 aromatic rings. The van der Waals surface area contributed by atoms with Crippen molar-refractivity contribution in [3.63, 3.8) is 0 Å². The second-order valence-corrected chi connectivity index (χ2v) is 6.78. The number of benzene rings is 2. The van der Waals surface area contributed by atoms with Gasteiger partial charge in [-0.25, -0.2) is 0 Å². The molecule has 0 N–H and O–H groups in total. The normalized spacial score (nSPS) is 15.5. The van der Waals surface area contributed by atoms with Gasteiger partial charge in [0.05, 0.1) is 22.7 Å². The summed E-state index contributed by atoms with van der Waals surface area (Å²) in [4.78, 5) is 18.9.